The van der Waals surface area contributed by atoms with Gasteiger partial charge in [-0.15, -0.1) is 10.2 Å². The minimum Gasteiger partial charge on any atom is -0.352 e. The second kappa shape index (κ2) is 10.5. The molecular weight excluding hydrogens is 468 g/mol. The molecule has 1 N–H and O–H groups in total. The van der Waals surface area contributed by atoms with E-state index >= 15 is 0 Å². The molecule has 2 aliphatic rings. The van der Waals surface area contributed by atoms with Crippen LogP contribution in [0.4, 0.5) is 8.78 Å². The van der Waals surface area contributed by atoms with Crippen LogP contribution in [0.1, 0.15) is 61.7 Å². The number of thioether (sulfide) groups is 1. The number of likely N-dealkylation sites (tertiary alicyclic amines) is 1. The van der Waals surface area contributed by atoms with Gasteiger partial charge in [-0.05, 0) is 87.7 Å². The monoisotopic (exact) mass is 497 g/mol. The van der Waals surface area contributed by atoms with Crippen LogP contribution in [0.3, 0.4) is 0 Å². The standard InChI is InChI=1S/C26H29F2N5OS/c1-17(32-15-3-2-4-16-32)24-30-31-26(33(24)22-13-9-20(28)10-14-22)35-23(25(34)29-21-11-12-21)18-5-7-19(27)8-6-18/h5-10,13-14,17,21,23H,2-4,11-12,15-16H2,1H3,(H,29,34). The van der Waals surface area contributed by atoms with Crippen LogP contribution in [0, 0.1) is 11.6 Å². The van der Waals surface area contributed by atoms with E-state index in [4.69, 9.17) is 0 Å². The molecule has 1 saturated heterocycles. The maximum atomic E-state index is 13.7. The van der Waals surface area contributed by atoms with Gasteiger partial charge in [-0.25, -0.2) is 8.78 Å². The van der Waals surface area contributed by atoms with E-state index in [2.05, 4.69) is 27.3 Å². The Morgan fingerprint density at radius 1 is 0.971 bits per heavy atom. The van der Waals surface area contributed by atoms with Crippen LogP contribution >= 0.6 is 11.8 Å². The van der Waals surface area contributed by atoms with E-state index < -0.39 is 5.25 Å². The molecule has 1 aliphatic carbocycles. The molecule has 184 valence electrons. The average molecular weight is 498 g/mol. The topological polar surface area (TPSA) is 63.1 Å². The first kappa shape index (κ1) is 23.9. The van der Waals surface area contributed by atoms with Gasteiger partial charge in [-0.1, -0.05) is 30.3 Å². The highest BCUT2D eigenvalue weighted by atomic mass is 32.2. The lowest BCUT2D eigenvalue weighted by molar-refractivity contribution is -0.120. The zero-order chi connectivity index (χ0) is 24.4. The number of benzene rings is 2. The zero-order valence-electron chi connectivity index (χ0n) is 19.7. The van der Waals surface area contributed by atoms with Crippen LogP contribution in [0.15, 0.2) is 53.7 Å². The van der Waals surface area contributed by atoms with Crippen molar-refractivity contribution in [3.8, 4) is 5.69 Å². The number of aromatic nitrogens is 3. The first-order valence-electron chi connectivity index (χ1n) is 12.2. The molecule has 2 atom stereocenters. The van der Waals surface area contributed by atoms with Gasteiger partial charge in [0.2, 0.25) is 5.91 Å². The normalized spacial score (nSPS) is 18.3. The molecule has 2 unspecified atom stereocenters. The maximum absolute atomic E-state index is 13.7. The molecule has 35 heavy (non-hydrogen) atoms. The highest BCUT2D eigenvalue weighted by Crippen LogP contribution is 2.38. The van der Waals surface area contributed by atoms with Gasteiger partial charge >= 0.3 is 0 Å². The highest BCUT2D eigenvalue weighted by molar-refractivity contribution is 8.00. The molecular formula is C26H29F2N5OS. The summed E-state index contributed by atoms with van der Waals surface area (Å²) in [4.78, 5) is 15.6. The van der Waals surface area contributed by atoms with Crippen LogP contribution in [0.5, 0.6) is 0 Å². The van der Waals surface area contributed by atoms with Gasteiger partial charge in [0.15, 0.2) is 11.0 Å². The van der Waals surface area contributed by atoms with E-state index in [1.54, 1.807) is 24.3 Å². The third-order valence-electron chi connectivity index (χ3n) is 6.61. The van der Waals surface area contributed by atoms with Crippen molar-refractivity contribution < 1.29 is 13.6 Å². The van der Waals surface area contributed by atoms with Gasteiger partial charge in [0, 0.05) is 11.7 Å². The largest absolute Gasteiger partial charge is 0.352 e. The Morgan fingerprint density at radius 3 is 2.23 bits per heavy atom. The number of amides is 1. The van der Waals surface area contributed by atoms with Gasteiger partial charge < -0.3 is 5.32 Å². The lowest BCUT2D eigenvalue weighted by atomic mass is 10.1. The van der Waals surface area contributed by atoms with Crippen LogP contribution in [0.25, 0.3) is 5.69 Å². The van der Waals surface area contributed by atoms with Gasteiger partial charge in [0.1, 0.15) is 16.9 Å². The number of piperidine rings is 1. The number of nitrogens with zero attached hydrogens (tertiary/aromatic N) is 4. The lowest BCUT2D eigenvalue weighted by Gasteiger charge is -2.32. The fourth-order valence-corrected chi connectivity index (χ4v) is 5.52. The molecule has 2 heterocycles. The molecule has 0 radical (unpaired) electrons. The van der Waals surface area contributed by atoms with Crippen molar-refractivity contribution in [2.45, 2.75) is 61.5 Å². The van der Waals surface area contributed by atoms with Crippen molar-refractivity contribution in [3.05, 3.63) is 71.6 Å². The van der Waals surface area contributed by atoms with E-state index in [1.165, 1.54) is 42.4 Å². The summed E-state index contributed by atoms with van der Waals surface area (Å²) < 4.78 is 29.3. The average Bonchev–Trinajstić information content (AvgIpc) is 3.60. The molecule has 1 aromatic heterocycles. The number of rotatable bonds is 8. The molecule has 6 nitrogen and oxygen atoms in total. The van der Waals surface area contributed by atoms with Crippen molar-refractivity contribution in [3.63, 3.8) is 0 Å². The van der Waals surface area contributed by atoms with Crippen LogP contribution in [-0.4, -0.2) is 44.7 Å². The Morgan fingerprint density at radius 2 is 1.60 bits per heavy atom. The first-order valence-corrected chi connectivity index (χ1v) is 13.1. The van der Waals surface area contributed by atoms with Crippen LogP contribution < -0.4 is 5.32 Å². The van der Waals surface area contributed by atoms with E-state index in [1.807, 2.05) is 4.57 Å². The third kappa shape index (κ3) is 5.56. The molecule has 0 bridgehead atoms. The Kier molecular flexibility index (Phi) is 7.15. The molecule has 2 aromatic carbocycles. The molecule has 1 amide bonds. The Labute approximate surface area is 208 Å². The predicted octanol–water partition coefficient (Wildman–Crippen LogP) is 5.20. The van der Waals surface area contributed by atoms with Gasteiger partial charge in [-0.2, -0.15) is 0 Å². The molecule has 3 aromatic rings. The number of hydrogen-bond acceptors (Lipinski definition) is 5. The Balaban J connectivity index is 1.52. The van der Waals surface area contributed by atoms with E-state index in [-0.39, 0.29) is 29.6 Å². The van der Waals surface area contributed by atoms with Gasteiger partial charge in [0.25, 0.3) is 0 Å². The number of carbonyl (C=O) groups is 1. The third-order valence-corrected chi connectivity index (χ3v) is 7.81. The Bertz CT molecular complexity index is 1160. The summed E-state index contributed by atoms with van der Waals surface area (Å²) >= 11 is 1.28. The number of carbonyl (C=O) groups excluding carboxylic acids is 1. The maximum Gasteiger partial charge on any atom is 0.238 e. The van der Waals surface area contributed by atoms with E-state index in [0.29, 0.717) is 10.7 Å². The minimum absolute atomic E-state index is 0.00626. The summed E-state index contributed by atoms with van der Waals surface area (Å²) in [7, 11) is 0. The fraction of sp³-hybridized carbons (Fsp3) is 0.423. The molecule has 1 saturated carbocycles. The number of nitrogens with one attached hydrogen (secondary N) is 1. The van der Waals surface area contributed by atoms with Crippen molar-refractivity contribution >= 4 is 17.7 Å². The van der Waals surface area contributed by atoms with Crippen molar-refractivity contribution in [1.82, 2.24) is 25.0 Å². The summed E-state index contributed by atoms with van der Waals surface area (Å²) in [5.74, 6) is -0.0632. The predicted molar refractivity (Wildman–Crippen MR) is 131 cm³/mol. The first-order chi connectivity index (χ1) is 17.0. The van der Waals surface area contributed by atoms with Gasteiger partial charge in [0.05, 0.1) is 6.04 Å². The molecule has 2 fully saturated rings. The second-order valence-electron chi connectivity index (χ2n) is 9.26. The summed E-state index contributed by atoms with van der Waals surface area (Å²) in [5, 5.41) is 12.0. The summed E-state index contributed by atoms with van der Waals surface area (Å²) in [6.45, 7) is 4.09. The van der Waals surface area contributed by atoms with Crippen molar-refractivity contribution in [2.75, 3.05) is 13.1 Å². The van der Waals surface area contributed by atoms with Gasteiger partial charge in [-0.3, -0.25) is 14.3 Å². The zero-order valence-corrected chi connectivity index (χ0v) is 20.5. The summed E-state index contributed by atoms with van der Waals surface area (Å²) in [5.41, 5.74) is 1.42. The molecule has 0 spiro atoms. The van der Waals surface area contributed by atoms with Crippen molar-refractivity contribution in [2.24, 2.45) is 0 Å². The number of hydrogen-bond donors (Lipinski definition) is 1. The summed E-state index contributed by atoms with van der Waals surface area (Å²) in [6.07, 6.45) is 5.45. The highest BCUT2D eigenvalue weighted by Gasteiger charge is 2.32. The van der Waals surface area contributed by atoms with Crippen LogP contribution in [0.2, 0.25) is 0 Å². The van der Waals surface area contributed by atoms with Crippen LogP contribution in [-0.2, 0) is 4.79 Å². The quantitative estimate of drug-likeness (QED) is 0.433. The molecule has 1 aliphatic heterocycles. The molecule has 9 heteroatoms. The Hall–Kier alpha value is -2.78. The SMILES string of the molecule is CC(c1nnc(SC(C(=O)NC2CC2)c2ccc(F)cc2)n1-c1ccc(F)cc1)N1CCCCC1. The second-order valence-corrected chi connectivity index (χ2v) is 10.3. The van der Waals surface area contributed by atoms with Crippen molar-refractivity contribution in [1.29, 1.82) is 0 Å². The number of halogens is 2. The smallest absolute Gasteiger partial charge is 0.238 e. The summed E-state index contributed by atoms with van der Waals surface area (Å²) in [6, 6.07) is 12.4. The molecule has 5 rings (SSSR count). The van der Waals surface area contributed by atoms with E-state index in [9.17, 15) is 13.6 Å². The lowest BCUT2D eigenvalue weighted by Crippen LogP contribution is -2.33. The fourth-order valence-electron chi connectivity index (χ4n) is 4.45. The van der Waals surface area contributed by atoms with E-state index in [0.717, 1.165) is 50.3 Å². The minimum atomic E-state index is -0.627.